The second-order valence-corrected chi connectivity index (χ2v) is 7.39. The minimum absolute atomic E-state index is 0.150. The molecule has 4 rings (SSSR count). The van der Waals surface area contributed by atoms with Gasteiger partial charge in [0.1, 0.15) is 0 Å². The normalized spacial score (nSPS) is 25.8. The number of nitrogens with zero attached hydrogens (tertiary/aromatic N) is 3. The van der Waals surface area contributed by atoms with E-state index >= 15 is 0 Å². The number of likely N-dealkylation sites (tertiary alicyclic amines) is 1. The molecular weight excluding hydrogens is 314 g/mol. The molecule has 0 spiro atoms. The molecule has 132 valence electrons. The van der Waals surface area contributed by atoms with E-state index in [1.165, 1.54) is 11.1 Å². The van der Waals surface area contributed by atoms with Crippen LogP contribution in [-0.2, 0) is 11.2 Å². The van der Waals surface area contributed by atoms with Gasteiger partial charge in [-0.2, -0.15) is 4.98 Å². The van der Waals surface area contributed by atoms with Gasteiger partial charge in [0.15, 0.2) is 5.82 Å². The molecular formula is C20H25N3O2. The lowest BCUT2D eigenvalue weighted by Crippen LogP contribution is -2.40. The molecule has 2 heterocycles. The molecule has 0 unspecified atom stereocenters. The van der Waals surface area contributed by atoms with Crippen LogP contribution in [0.15, 0.2) is 28.8 Å². The molecule has 5 nitrogen and oxygen atoms in total. The van der Waals surface area contributed by atoms with Crippen LogP contribution in [0.5, 0.6) is 0 Å². The van der Waals surface area contributed by atoms with Crippen molar-refractivity contribution < 1.29 is 9.32 Å². The second kappa shape index (κ2) is 6.62. The molecule has 1 aromatic carbocycles. The number of amides is 1. The van der Waals surface area contributed by atoms with Crippen molar-refractivity contribution in [3.8, 4) is 0 Å². The van der Waals surface area contributed by atoms with Crippen LogP contribution in [0.3, 0.4) is 0 Å². The van der Waals surface area contributed by atoms with Crippen molar-refractivity contribution in [3.05, 3.63) is 47.1 Å². The molecule has 1 aliphatic carbocycles. The minimum Gasteiger partial charge on any atom is -0.342 e. The topological polar surface area (TPSA) is 59.2 Å². The van der Waals surface area contributed by atoms with Gasteiger partial charge in [0, 0.05) is 31.3 Å². The number of rotatable bonds is 4. The van der Waals surface area contributed by atoms with E-state index in [4.69, 9.17) is 4.52 Å². The van der Waals surface area contributed by atoms with Crippen LogP contribution in [0.2, 0.25) is 0 Å². The Morgan fingerprint density at radius 3 is 3.04 bits per heavy atom. The van der Waals surface area contributed by atoms with Crippen LogP contribution < -0.4 is 0 Å². The summed E-state index contributed by atoms with van der Waals surface area (Å²) in [7, 11) is 0. The fourth-order valence-electron chi connectivity index (χ4n) is 3.94. The summed E-state index contributed by atoms with van der Waals surface area (Å²) in [6.07, 6.45) is 3.76. The Hall–Kier alpha value is -2.17. The Labute approximate surface area is 148 Å². The molecule has 1 amide bonds. The zero-order valence-electron chi connectivity index (χ0n) is 14.9. The highest BCUT2D eigenvalue weighted by molar-refractivity contribution is 5.83. The maximum Gasteiger partial charge on any atom is 0.226 e. The minimum atomic E-state index is 0.150. The number of hydrogen-bond acceptors (Lipinski definition) is 4. The third kappa shape index (κ3) is 3.32. The second-order valence-electron chi connectivity index (χ2n) is 7.39. The Kier molecular flexibility index (Phi) is 4.32. The number of carbonyl (C=O) groups excluding carboxylic acids is 1. The SMILES string of the molecule is CCc1nc([C@@H]2CCCN(C(=O)[C@@H]3C[C@H]3c3cccc(C)c3)C2)no1. The molecule has 1 aromatic heterocycles. The van der Waals surface area contributed by atoms with E-state index in [-0.39, 0.29) is 11.8 Å². The van der Waals surface area contributed by atoms with Gasteiger partial charge in [-0.3, -0.25) is 4.79 Å². The molecule has 1 aliphatic heterocycles. The largest absolute Gasteiger partial charge is 0.342 e. The number of aryl methyl sites for hydroxylation is 2. The maximum atomic E-state index is 12.9. The summed E-state index contributed by atoms with van der Waals surface area (Å²) >= 11 is 0. The smallest absolute Gasteiger partial charge is 0.226 e. The first-order chi connectivity index (χ1) is 12.2. The Bertz CT molecular complexity index is 770. The molecule has 2 fully saturated rings. The molecule has 0 N–H and O–H groups in total. The van der Waals surface area contributed by atoms with Gasteiger partial charge in [0.2, 0.25) is 11.8 Å². The van der Waals surface area contributed by atoms with Crippen LogP contribution in [0.4, 0.5) is 0 Å². The molecule has 2 aliphatic rings. The highest BCUT2D eigenvalue weighted by atomic mass is 16.5. The fourth-order valence-corrected chi connectivity index (χ4v) is 3.94. The van der Waals surface area contributed by atoms with Crippen molar-refractivity contribution in [2.24, 2.45) is 5.92 Å². The van der Waals surface area contributed by atoms with E-state index in [0.717, 1.165) is 44.6 Å². The lowest BCUT2D eigenvalue weighted by Gasteiger charge is -2.31. The molecule has 1 saturated carbocycles. The summed E-state index contributed by atoms with van der Waals surface area (Å²) in [5.74, 6) is 2.50. The van der Waals surface area contributed by atoms with Crippen molar-refractivity contribution >= 4 is 5.91 Å². The zero-order chi connectivity index (χ0) is 17.4. The Balaban J connectivity index is 1.41. The van der Waals surface area contributed by atoms with E-state index in [9.17, 15) is 4.79 Å². The van der Waals surface area contributed by atoms with Crippen molar-refractivity contribution in [3.63, 3.8) is 0 Å². The van der Waals surface area contributed by atoms with Gasteiger partial charge >= 0.3 is 0 Å². The van der Waals surface area contributed by atoms with Gasteiger partial charge < -0.3 is 9.42 Å². The van der Waals surface area contributed by atoms with Crippen LogP contribution in [0.25, 0.3) is 0 Å². The summed E-state index contributed by atoms with van der Waals surface area (Å²) in [4.78, 5) is 19.4. The molecule has 0 radical (unpaired) electrons. The Morgan fingerprint density at radius 2 is 2.28 bits per heavy atom. The summed E-state index contributed by atoms with van der Waals surface area (Å²) in [6.45, 7) is 5.68. The molecule has 0 bridgehead atoms. The third-order valence-corrected chi connectivity index (χ3v) is 5.46. The van der Waals surface area contributed by atoms with Crippen LogP contribution >= 0.6 is 0 Å². The van der Waals surface area contributed by atoms with E-state index in [1.54, 1.807) is 0 Å². The quantitative estimate of drug-likeness (QED) is 0.856. The van der Waals surface area contributed by atoms with Gasteiger partial charge in [0.05, 0.1) is 0 Å². The van der Waals surface area contributed by atoms with Gasteiger partial charge in [-0.25, -0.2) is 0 Å². The average molecular weight is 339 g/mol. The maximum absolute atomic E-state index is 12.9. The summed E-state index contributed by atoms with van der Waals surface area (Å²) in [5.41, 5.74) is 2.56. The average Bonchev–Trinajstić information content (AvgIpc) is 3.30. The third-order valence-electron chi connectivity index (χ3n) is 5.46. The first-order valence-corrected chi connectivity index (χ1v) is 9.33. The van der Waals surface area contributed by atoms with Crippen LogP contribution in [0.1, 0.15) is 60.9 Å². The monoisotopic (exact) mass is 339 g/mol. The first kappa shape index (κ1) is 16.3. The summed E-state index contributed by atoms with van der Waals surface area (Å²) in [5, 5.41) is 4.11. The summed E-state index contributed by atoms with van der Waals surface area (Å²) in [6, 6.07) is 8.55. The van der Waals surface area contributed by atoms with E-state index < -0.39 is 0 Å². The molecule has 1 saturated heterocycles. The lowest BCUT2D eigenvalue weighted by atomic mass is 9.96. The number of aromatic nitrogens is 2. The molecule has 25 heavy (non-hydrogen) atoms. The molecule has 5 heteroatoms. The first-order valence-electron chi connectivity index (χ1n) is 9.33. The van der Waals surface area contributed by atoms with Crippen LogP contribution in [0, 0.1) is 12.8 Å². The predicted molar refractivity (Wildman–Crippen MR) is 94.3 cm³/mol. The zero-order valence-corrected chi connectivity index (χ0v) is 14.9. The molecule has 2 aromatic rings. The van der Waals surface area contributed by atoms with Gasteiger partial charge in [-0.1, -0.05) is 41.9 Å². The molecule has 3 atom stereocenters. The van der Waals surface area contributed by atoms with Crippen molar-refractivity contribution in [1.29, 1.82) is 0 Å². The highest BCUT2D eigenvalue weighted by Crippen LogP contribution is 2.49. The number of hydrogen-bond donors (Lipinski definition) is 0. The van der Waals surface area contributed by atoms with E-state index in [0.29, 0.717) is 17.7 Å². The van der Waals surface area contributed by atoms with Gasteiger partial charge in [-0.05, 0) is 37.7 Å². The number of piperidine rings is 1. The Morgan fingerprint density at radius 1 is 1.40 bits per heavy atom. The number of benzene rings is 1. The van der Waals surface area contributed by atoms with Crippen molar-refractivity contribution in [1.82, 2.24) is 15.0 Å². The predicted octanol–water partition coefficient (Wildman–Crippen LogP) is 3.45. The van der Waals surface area contributed by atoms with E-state index in [1.807, 2.05) is 11.8 Å². The van der Waals surface area contributed by atoms with E-state index in [2.05, 4.69) is 41.3 Å². The van der Waals surface area contributed by atoms with Gasteiger partial charge in [0.25, 0.3) is 0 Å². The lowest BCUT2D eigenvalue weighted by molar-refractivity contribution is -0.133. The van der Waals surface area contributed by atoms with Crippen molar-refractivity contribution in [2.45, 2.75) is 51.4 Å². The fraction of sp³-hybridized carbons (Fsp3) is 0.550. The highest BCUT2D eigenvalue weighted by Gasteiger charge is 2.46. The van der Waals surface area contributed by atoms with Gasteiger partial charge in [-0.15, -0.1) is 0 Å². The standard InChI is InChI=1S/C20H25N3O2/c1-3-18-21-19(22-25-18)15-8-5-9-23(12-15)20(24)17-11-16(17)14-7-4-6-13(2)10-14/h4,6-7,10,15-17H,3,5,8-9,11-12H2,1-2H3/t15-,16+,17-/m1/s1. The van der Waals surface area contributed by atoms with Crippen molar-refractivity contribution in [2.75, 3.05) is 13.1 Å². The van der Waals surface area contributed by atoms with Crippen LogP contribution in [-0.4, -0.2) is 34.0 Å². The summed E-state index contributed by atoms with van der Waals surface area (Å²) < 4.78 is 5.24. The number of carbonyl (C=O) groups is 1.